The van der Waals surface area contributed by atoms with Gasteiger partial charge in [0, 0.05) is 25.0 Å². The smallest absolute Gasteiger partial charge is 0.309 e. The van der Waals surface area contributed by atoms with Crippen LogP contribution in [0, 0.1) is 24.0 Å². The summed E-state index contributed by atoms with van der Waals surface area (Å²) in [6.45, 7) is 4.72. The molecule has 0 unspecified atom stereocenters. The number of hydrogen-bond donors (Lipinski definition) is 1. The Hall–Kier alpha value is -2.71. The second kappa shape index (κ2) is 6.83. The van der Waals surface area contributed by atoms with Gasteiger partial charge in [-0.15, -0.1) is 0 Å². The van der Waals surface area contributed by atoms with Crippen LogP contribution < -0.4 is 5.32 Å². The van der Waals surface area contributed by atoms with Gasteiger partial charge in [-0.25, -0.2) is 0 Å². The van der Waals surface area contributed by atoms with Crippen molar-refractivity contribution < 1.29 is 9.72 Å². The van der Waals surface area contributed by atoms with E-state index < -0.39 is 4.92 Å². The molecule has 0 radical (unpaired) electrons. The van der Waals surface area contributed by atoms with Crippen LogP contribution in [0.5, 0.6) is 0 Å². The molecule has 0 aliphatic rings. The van der Waals surface area contributed by atoms with Crippen molar-refractivity contribution >= 4 is 11.6 Å². The maximum Gasteiger partial charge on any atom is 0.309 e. The SMILES string of the molecule is Cc1nn(CC(=O)NCCCn2nccc2C)cc1[N+](=O)[O-]. The molecular formula is C13H18N6O3. The summed E-state index contributed by atoms with van der Waals surface area (Å²) in [7, 11) is 0. The van der Waals surface area contributed by atoms with Gasteiger partial charge >= 0.3 is 5.69 Å². The molecule has 118 valence electrons. The van der Waals surface area contributed by atoms with Gasteiger partial charge in [-0.2, -0.15) is 10.2 Å². The molecule has 2 rings (SSSR count). The van der Waals surface area contributed by atoms with Gasteiger partial charge in [-0.3, -0.25) is 24.3 Å². The average Bonchev–Trinajstić information content (AvgIpc) is 3.01. The summed E-state index contributed by atoms with van der Waals surface area (Å²) >= 11 is 0. The average molecular weight is 306 g/mol. The van der Waals surface area contributed by atoms with Gasteiger partial charge < -0.3 is 5.32 Å². The lowest BCUT2D eigenvalue weighted by molar-refractivity contribution is -0.385. The molecule has 0 spiro atoms. The molecule has 0 fully saturated rings. The number of nitro groups is 1. The first-order valence-electron chi connectivity index (χ1n) is 6.91. The Morgan fingerprint density at radius 2 is 2.23 bits per heavy atom. The number of rotatable bonds is 7. The third-order valence-electron chi connectivity index (χ3n) is 3.22. The Kier molecular flexibility index (Phi) is 4.87. The number of nitrogens with zero attached hydrogens (tertiary/aromatic N) is 5. The van der Waals surface area contributed by atoms with E-state index in [4.69, 9.17) is 0 Å². The lowest BCUT2D eigenvalue weighted by Gasteiger charge is -2.06. The normalized spacial score (nSPS) is 10.6. The highest BCUT2D eigenvalue weighted by Gasteiger charge is 2.16. The zero-order valence-electron chi connectivity index (χ0n) is 12.5. The van der Waals surface area contributed by atoms with Crippen LogP contribution in [0.15, 0.2) is 18.5 Å². The lowest BCUT2D eigenvalue weighted by Crippen LogP contribution is -2.29. The van der Waals surface area contributed by atoms with Gasteiger partial charge in [0.1, 0.15) is 18.4 Å². The van der Waals surface area contributed by atoms with Crippen LogP contribution in [0.2, 0.25) is 0 Å². The first-order chi connectivity index (χ1) is 10.5. The minimum absolute atomic E-state index is 0.0323. The van der Waals surface area contributed by atoms with Crippen molar-refractivity contribution in [3.8, 4) is 0 Å². The van der Waals surface area contributed by atoms with E-state index in [0.717, 1.165) is 18.7 Å². The van der Waals surface area contributed by atoms with E-state index >= 15 is 0 Å². The molecule has 0 atom stereocenters. The maximum absolute atomic E-state index is 11.8. The molecule has 9 nitrogen and oxygen atoms in total. The Labute approximate surface area is 127 Å². The third-order valence-corrected chi connectivity index (χ3v) is 3.22. The molecule has 2 aromatic rings. The van der Waals surface area contributed by atoms with Gasteiger partial charge in [-0.05, 0) is 26.3 Å². The van der Waals surface area contributed by atoms with E-state index in [1.165, 1.54) is 10.9 Å². The summed E-state index contributed by atoms with van der Waals surface area (Å²) in [5, 5.41) is 21.6. The Balaban J connectivity index is 1.75. The van der Waals surface area contributed by atoms with Crippen molar-refractivity contribution in [1.29, 1.82) is 0 Å². The second-order valence-corrected chi connectivity index (χ2v) is 4.95. The van der Waals surface area contributed by atoms with Gasteiger partial charge in [-0.1, -0.05) is 0 Å². The van der Waals surface area contributed by atoms with Crippen molar-refractivity contribution in [1.82, 2.24) is 24.9 Å². The minimum Gasteiger partial charge on any atom is -0.354 e. The van der Waals surface area contributed by atoms with Gasteiger partial charge in [0.15, 0.2) is 0 Å². The Morgan fingerprint density at radius 3 is 2.82 bits per heavy atom. The number of aryl methyl sites for hydroxylation is 3. The number of amides is 1. The molecular weight excluding hydrogens is 288 g/mol. The number of hydrogen-bond acceptors (Lipinski definition) is 5. The highest BCUT2D eigenvalue weighted by Crippen LogP contribution is 2.14. The summed E-state index contributed by atoms with van der Waals surface area (Å²) < 4.78 is 3.15. The second-order valence-electron chi connectivity index (χ2n) is 4.95. The quantitative estimate of drug-likeness (QED) is 0.462. The molecule has 9 heteroatoms. The van der Waals surface area contributed by atoms with E-state index in [9.17, 15) is 14.9 Å². The molecule has 0 aliphatic carbocycles. The molecule has 0 saturated carbocycles. The van der Waals surface area contributed by atoms with Crippen molar-refractivity contribution in [3.63, 3.8) is 0 Å². The van der Waals surface area contributed by atoms with Crippen LogP contribution in [-0.4, -0.2) is 36.9 Å². The molecule has 0 aromatic carbocycles. The van der Waals surface area contributed by atoms with Crippen molar-refractivity contribution in [2.75, 3.05) is 6.54 Å². The molecule has 1 N–H and O–H groups in total. The maximum atomic E-state index is 11.8. The fourth-order valence-electron chi connectivity index (χ4n) is 2.06. The van der Waals surface area contributed by atoms with Crippen molar-refractivity contribution in [3.05, 3.63) is 40.0 Å². The van der Waals surface area contributed by atoms with Crippen LogP contribution in [0.3, 0.4) is 0 Å². The van der Waals surface area contributed by atoms with E-state index in [-0.39, 0.29) is 18.1 Å². The molecule has 2 aromatic heterocycles. The summed E-state index contributed by atoms with van der Waals surface area (Å²) in [6.07, 6.45) is 3.76. The predicted octanol–water partition coefficient (Wildman–Crippen LogP) is 0.811. The number of carbonyl (C=O) groups excluding carboxylic acids is 1. The number of nitrogens with one attached hydrogen (secondary N) is 1. The monoisotopic (exact) mass is 306 g/mol. The fraction of sp³-hybridized carbons (Fsp3) is 0.462. The van der Waals surface area contributed by atoms with E-state index in [1.54, 1.807) is 13.1 Å². The summed E-state index contributed by atoms with van der Waals surface area (Å²) in [6, 6.07) is 1.92. The highest BCUT2D eigenvalue weighted by atomic mass is 16.6. The van der Waals surface area contributed by atoms with Crippen LogP contribution in [-0.2, 0) is 17.9 Å². The first-order valence-corrected chi connectivity index (χ1v) is 6.91. The van der Waals surface area contributed by atoms with Gasteiger partial charge in [0.2, 0.25) is 5.91 Å². The first kappa shape index (κ1) is 15.7. The molecule has 0 aliphatic heterocycles. The van der Waals surface area contributed by atoms with E-state index in [1.807, 2.05) is 17.7 Å². The largest absolute Gasteiger partial charge is 0.354 e. The van der Waals surface area contributed by atoms with E-state index in [2.05, 4.69) is 15.5 Å². The summed E-state index contributed by atoms with van der Waals surface area (Å²) in [5.74, 6) is -0.227. The molecule has 0 bridgehead atoms. The third kappa shape index (κ3) is 3.90. The number of aromatic nitrogens is 4. The standard InChI is InChI=1S/C13H18N6O3/c1-10-4-6-15-18(10)7-3-5-14-13(20)9-17-8-12(19(21)22)11(2)16-17/h4,6,8H,3,5,7,9H2,1-2H3,(H,14,20). The molecule has 1 amide bonds. The van der Waals surface area contributed by atoms with E-state index in [0.29, 0.717) is 12.2 Å². The predicted molar refractivity (Wildman–Crippen MR) is 78.2 cm³/mol. The van der Waals surface area contributed by atoms with Crippen molar-refractivity contribution in [2.45, 2.75) is 33.4 Å². The number of carbonyl (C=O) groups is 1. The van der Waals surface area contributed by atoms with Gasteiger partial charge in [0.25, 0.3) is 0 Å². The Bertz CT molecular complexity index is 675. The molecule has 2 heterocycles. The highest BCUT2D eigenvalue weighted by molar-refractivity contribution is 5.75. The molecule has 0 saturated heterocycles. The van der Waals surface area contributed by atoms with Gasteiger partial charge in [0.05, 0.1) is 4.92 Å². The summed E-state index contributed by atoms with van der Waals surface area (Å²) in [5.41, 5.74) is 1.29. The Morgan fingerprint density at radius 1 is 1.45 bits per heavy atom. The fourth-order valence-corrected chi connectivity index (χ4v) is 2.06. The van der Waals surface area contributed by atoms with Crippen LogP contribution in [0.4, 0.5) is 5.69 Å². The van der Waals surface area contributed by atoms with Crippen LogP contribution in [0.1, 0.15) is 17.8 Å². The lowest BCUT2D eigenvalue weighted by atomic mass is 10.4. The summed E-state index contributed by atoms with van der Waals surface area (Å²) in [4.78, 5) is 22.0. The molecule has 22 heavy (non-hydrogen) atoms. The zero-order chi connectivity index (χ0) is 16.1. The van der Waals surface area contributed by atoms with Crippen molar-refractivity contribution in [2.24, 2.45) is 0 Å². The van der Waals surface area contributed by atoms with Crippen LogP contribution in [0.25, 0.3) is 0 Å². The topological polar surface area (TPSA) is 108 Å². The van der Waals surface area contributed by atoms with Crippen LogP contribution >= 0.6 is 0 Å². The zero-order valence-corrected chi connectivity index (χ0v) is 12.5. The minimum atomic E-state index is -0.511.